The predicted octanol–water partition coefficient (Wildman–Crippen LogP) is 2.90. The van der Waals surface area contributed by atoms with Crippen LogP contribution in [0.25, 0.3) is 0 Å². The van der Waals surface area contributed by atoms with Gasteiger partial charge in [0.1, 0.15) is 0 Å². The summed E-state index contributed by atoms with van der Waals surface area (Å²) in [4.78, 5) is 11.4. The minimum atomic E-state index is -0.354. The van der Waals surface area contributed by atoms with Gasteiger partial charge in [-0.1, -0.05) is 20.8 Å². The van der Waals surface area contributed by atoms with Crippen molar-refractivity contribution < 1.29 is 9.53 Å². The predicted molar refractivity (Wildman–Crippen MR) is 74.8 cm³/mol. The SMILES string of the molecule is CCC(C)(C)CNc1cc(C(=O)OC)ccc1N. The van der Waals surface area contributed by atoms with Crippen LogP contribution in [0.15, 0.2) is 18.2 Å². The van der Waals surface area contributed by atoms with Crippen molar-refractivity contribution in [1.82, 2.24) is 0 Å². The fourth-order valence-electron chi connectivity index (χ4n) is 1.41. The lowest BCUT2D eigenvalue weighted by Gasteiger charge is -2.24. The zero-order valence-electron chi connectivity index (χ0n) is 11.5. The van der Waals surface area contributed by atoms with Gasteiger partial charge >= 0.3 is 5.97 Å². The van der Waals surface area contributed by atoms with Crippen LogP contribution in [-0.2, 0) is 4.74 Å². The average molecular weight is 250 g/mol. The van der Waals surface area contributed by atoms with Gasteiger partial charge in [-0.25, -0.2) is 4.79 Å². The van der Waals surface area contributed by atoms with Gasteiger partial charge in [-0.15, -0.1) is 0 Å². The second kappa shape index (κ2) is 5.76. The Bertz CT molecular complexity index is 428. The molecule has 0 fully saturated rings. The van der Waals surface area contributed by atoms with Crippen molar-refractivity contribution in [2.75, 3.05) is 24.7 Å². The number of nitrogen functional groups attached to an aromatic ring is 1. The Kier molecular flexibility index (Phi) is 4.59. The van der Waals surface area contributed by atoms with E-state index in [9.17, 15) is 4.79 Å². The normalized spacial score (nSPS) is 11.1. The minimum absolute atomic E-state index is 0.188. The summed E-state index contributed by atoms with van der Waals surface area (Å²) in [5, 5.41) is 3.29. The van der Waals surface area contributed by atoms with Gasteiger partial charge in [0, 0.05) is 6.54 Å². The van der Waals surface area contributed by atoms with Crippen molar-refractivity contribution in [3.8, 4) is 0 Å². The second-order valence-corrected chi connectivity index (χ2v) is 5.16. The third-order valence-electron chi connectivity index (χ3n) is 3.19. The molecule has 4 nitrogen and oxygen atoms in total. The van der Waals surface area contributed by atoms with Crippen molar-refractivity contribution in [2.24, 2.45) is 5.41 Å². The average Bonchev–Trinajstić information content (AvgIpc) is 2.37. The molecule has 0 saturated carbocycles. The maximum absolute atomic E-state index is 11.4. The first-order chi connectivity index (χ1) is 8.39. The van der Waals surface area contributed by atoms with Gasteiger partial charge in [0.2, 0.25) is 0 Å². The van der Waals surface area contributed by atoms with Gasteiger partial charge in [-0.2, -0.15) is 0 Å². The van der Waals surface area contributed by atoms with Crippen molar-refractivity contribution >= 4 is 17.3 Å². The van der Waals surface area contributed by atoms with Gasteiger partial charge in [0.15, 0.2) is 0 Å². The Morgan fingerprint density at radius 3 is 2.67 bits per heavy atom. The molecule has 1 rings (SSSR count). The van der Waals surface area contributed by atoms with Gasteiger partial charge in [0.25, 0.3) is 0 Å². The van der Waals surface area contributed by atoms with E-state index in [0.29, 0.717) is 11.3 Å². The van der Waals surface area contributed by atoms with E-state index in [-0.39, 0.29) is 11.4 Å². The maximum atomic E-state index is 11.4. The highest BCUT2D eigenvalue weighted by Crippen LogP contribution is 2.24. The third-order valence-corrected chi connectivity index (χ3v) is 3.19. The van der Waals surface area contributed by atoms with E-state index in [1.54, 1.807) is 18.2 Å². The van der Waals surface area contributed by atoms with E-state index in [1.165, 1.54) is 7.11 Å². The Morgan fingerprint density at radius 1 is 1.44 bits per heavy atom. The molecule has 0 saturated heterocycles. The van der Waals surface area contributed by atoms with Crippen LogP contribution >= 0.6 is 0 Å². The lowest BCUT2D eigenvalue weighted by molar-refractivity contribution is 0.0601. The minimum Gasteiger partial charge on any atom is -0.465 e. The molecule has 4 heteroatoms. The highest BCUT2D eigenvalue weighted by Gasteiger charge is 2.15. The molecule has 0 radical (unpaired) electrons. The number of benzene rings is 1. The van der Waals surface area contributed by atoms with Crippen molar-refractivity contribution in [3.63, 3.8) is 0 Å². The summed E-state index contributed by atoms with van der Waals surface area (Å²) in [6, 6.07) is 5.11. The largest absolute Gasteiger partial charge is 0.465 e. The molecule has 100 valence electrons. The molecule has 0 atom stereocenters. The Morgan fingerprint density at radius 2 is 2.11 bits per heavy atom. The van der Waals surface area contributed by atoms with Crippen LogP contribution in [0.3, 0.4) is 0 Å². The molecule has 0 unspecified atom stereocenters. The summed E-state index contributed by atoms with van der Waals surface area (Å²) in [7, 11) is 1.37. The zero-order chi connectivity index (χ0) is 13.8. The number of esters is 1. The number of carbonyl (C=O) groups is 1. The molecule has 1 aromatic carbocycles. The fraction of sp³-hybridized carbons (Fsp3) is 0.500. The molecule has 0 spiro atoms. The first-order valence-electron chi connectivity index (χ1n) is 6.11. The van der Waals surface area contributed by atoms with Crippen molar-refractivity contribution in [1.29, 1.82) is 0 Å². The number of methoxy groups -OCH3 is 1. The molecule has 3 N–H and O–H groups in total. The second-order valence-electron chi connectivity index (χ2n) is 5.16. The first-order valence-corrected chi connectivity index (χ1v) is 6.11. The van der Waals surface area contributed by atoms with Crippen LogP contribution in [0.5, 0.6) is 0 Å². The summed E-state index contributed by atoms with van der Waals surface area (Å²) in [6.45, 7) is 7.31. The molecular formula is C14H22N2O2. The molecular weight excluding hydrogens is 228 g/mol. The summed E-state index contributed by atoms with van der Waals surface area (Å²) in [6.07, 6.45) is 1.07. The topological polar surface area (TPSA) is 64.3 Å². The summed E-state index contributed by atoms with van der Waals surface area (Å²) in [5.74, 6) is -0.354. The van der Waals surface area contributed by atoms with Gasteiger partial charge in [-0.3, -0.25) is 0 Å². The quantitative estimate of drug-likeness (QED) is 0.623. The summed E-state index contributed by atoms with van der Waals surface area (Å²) in [5.41, 5.74) is 7.99. The molecule has 18 heavy (non-hydrogen) atoms. The van der Waals surface area contributed by atoms with Gasteiger partial charge in [0.05, 0.1) is 24.0 Å². The third kappa shape index (κ3) is 3.65. The monoisotopic (exact) mass is 250 g/mol. The number of ether oxygens (including phenoxy) is 1. The molecule has 0 heterocycles. The standard InChI is InChI=1S/C14H22N2O2/c1-5-14(2,3)9-16-12-8-10(13(17)18-4)6-7-11(12)15/h6-8,16H,5,9,15H2,1-4H3. The first kappa shape index (κ1) is 14.4. The highest BCUT2D eigenvalue weighted by molar-refractivity contribution is 5.91. The number of nitrogens with two attached hydrogens (primary N) is 1. The van der Waals surface area contributed by atoms with Crippen LogP contribution < -0.4 is 11.1 Å². The van der Waals surface area contributed by atoms with Gasteiger partial charge in [-0.05, 0) is 30.0 Å². The van der Waals surface area contributed by atoms with Crippen LogP contribution in [0.1, 0.15) is 37.6 Å². The molecule has 0 amide bonds. The van der Waals surface area contributed by atoms with E-state index in [2.05, 4.69) is 26.1 Å². The number of carbonyl (C=O) groups excluding carboxylic acids is 1. The van der Waals surface area contributed by atoms with E-state index < -0.39 is 0 Å². The van der Waals surface area contributed by atoms with E-state index in [0.717, 1.165) is 18.7 Å². The molecule has 0 bridgehead atoms. The summed E-state index contributed by atoms with van der Waals surface area (Å²) >= 11 is 0. The van der Waals surface area contributed by atoms with Crippen LogP contribution in [-0.4, -0.2) is 19.6 Å². The fourth-order valence-corrected chi connectivity index (χ4v) is 1.41. The molecule has 0 aliphatic heterocycles. The number of rotatable bonds is 5. The Labute approximate surface area is 109 Å². The molecule has 0 aliphatic carbocycles. The van der Waals surface area contributed by atoms with E-state index in [1.807, 2.05) is 0 Å². The zero-order valence-corrected chi connectivity index (χ0v) is 11.5. The summed E-state index contributed by atoms with van der Waals surface area (Å²) < 4.78 is 4.69. The lowest BCUT2D eigenvalue weighted by Crippen LogP contribution is -2.22. The lowest BCUT2D eigenvalue weighted by atomic mass is 9.90. The van der Waals surface area contributed by atoms with Crippen LogP contribution in [0, 0.1) is 5.41 Å². The molecule has 0 aliphatic rings. The van der Waals surface area contributed by atoms with Gasteiger partial charge < -0.3 is 15.8 Å². The maximum Gasteiger partial charge on any atom is 0.337 e. The number of nitrogens with one attached hydrogen (secondary N) is 1. The number of anilines is 2. The molecule has 1 aromatic rings. The Hall–Kier alpha value is -1.71. The molecule has 0 aromatic heterocycles. The number of hydrogen-bond acceptors (Lipinski definition) is 4. The van der Waals surface area contributed by atoms with Crippen molar-refractivity contribution in [3.05, 3.63) is 23.8 Å². The van der Waals surface area contributed by atoms with E-state index in [4.69, 9.17) is 10.5 Å². The highest BCUT2D eigenvalue weighted by atomic mass is 16.5. The number of hydrogen-bond donors (Lipinski definition) is 2. The van der Waals surface area contributed by atoms with E-state index >= 15 is 0 Å². The Balaban J connectivity index is 2.85. The van der Waals surface area contributed by atoms with Crippen molar-refractivity contribution in [2.45, 2.75) is 27.2 Å². The van der Waals surface area contributed by atoms with Crippen LogP contribution in [0.2, 0.25) is 0 Å². The smallest absolute Gasteiger partial charge is 0.337 e. The van der Waals surface area contributed by atoms with Crippen LogP contribution in [0.4, 0.5) is 11.4 Å².